The quantitative estimate of drug-likeness (QED) is 0.777. The maximum Gasteiger partial charge on any atom is 0.144 e. The van der Waals surface area contributed by atoms with Crippen molar-refractivity contribution >= 4 is 15.9 Å². The molecule has 0 aromatic heterocycles. The third-order valence-electron chi connectivity index (χ3n) is 3.27. The fourth-order valence-corrected chi connectivity index (χ4v) is 2.57. The van der Waals surface area contributed by atoms with E-state index in [9.17, 15) is 13.2 Å². The van der Waals surface area contributed by atoms with E-state index in [2.05, 4.69) is 21.2 Å². The van der Waals surface area contributed by atoms with Gasteiger partial charge in [0.25, 0.3) is 0 Å². The minimum Gasteiger partial charge on any atom is -0.308 e. The van der Waals surface area contributed by atoms with Crippen LogP contribution in [0.5, 0.6) is 0 Å². The fraction of sp³-hybridized carbons (Fsp3) is 0.250. The van der Waals surface area contributed by atoms with Crippen LogP contribution >= 0.6 is 15.9 Å². The molecule has 0 saturated carbocycles. The molecule has 2 rings (SSSR count). The van der Waals surface area contributed by atoms with Gasteiger partial charge in [-0.2, -0.15) is 0 Å². The summed E-state index contributed by atoms with van der Waals surface area (Å²) in [5, 5.41) is 2.98. The summed E-state index contributed by atoms with van der Waals surface area (Å²) >= 11 is 3.03. The van der Waals surface area contributed by atoms with Crippen LogP contribution in [0.2, 0.25) is 0 Å². The number of hydrogen-bond donors (Lipinski definition) is 1. The van der Waals surface area contributed by atoms with E-state index in [0.29, 0.717) is 17.7 Å². The van der Waals surface area contributed by atoms with Crippen molar-refractivity contribution in [2.24, 2.45) is 0 Å². The standard InChI is InChI=1S/C16H15BrF3N/c1-9-5-11(6-10(2)15(9)19)7-21-8-12-14(18)4-3-13(17)16(12)20/h3-6,21H,7-8H2,1-2H3. The largest absolute Gasteiger partial charge is 0.308 e. The first-order valence-corrected chi connectivity index (χ1v) is 7.28. The monoisotopic (exact) mass is 357 g/mol. The second kappa shape index (κ2) is 6.62. The molecule has 0 heterocycles. The number of nitrogens with one attached hydrogen (secondary N) is 1. The van der Waals surface area contributed by atoms with Crippen molar-refractivity contribution < 1.29 is 13.2 Å². The zero-order chi connectivity index (χ0) is 15.6. The number of rotatable bonds is 4. The molecule has 0 fully saturated rings. The van der Waals surface area contributed by atoms with E-state index in [0.717, 1.165) is 5.56 Å². The minimum atomic E-state index is -0.603. The summed E-state index contributed by atoms with van der Waals surface area (Å²) in [4.78, 5) is 0. The van der Waals surface area contributed by atoms with Crippen molar-refractivity contribution in [1.82, 2.24) is 5.32 Å². The molecule has 0 saturated heterocycles. The van der Waals surface area contributed by atoms with Crippen molar-refractivity contribution in [2.75, 3.05) is 0 Å². The van der Waals surface area contributed by atoms with Gasteiger partial charge >= 0.3 is 0 Å². The SMILES string of the molecule is Cc1cc(CNCc2c(F)ccc(Br)c2F)cc(C)c1F. The van der Waals surface area contributed by atoms with Gasteiger partial charge in [-0.05, 0) is 58.6 Å². The Kier molecular flexibility index (Phi) is 5.06. The number of aryl methyl sites for hydroxylation is 2. The van der Waals surface area contributed by atoms with E-state index >= 15 is 0 Å². The molecule has 2 aromatic rings. The van der Waals surface area contributed by atoms with E-state index in [1.165, 1.54) is 12.1 Å². The van der Waals surface area contributed by atoms with Crippen LogP contribution in [-0.4, -0.2) is 0 Å². The third kappa shape index (κ3) is 3.66. The lowest BCUT2D eigenvalue weighted by molar-refractivity contribution is 0.531. The Morgan fingerprint density at radius 2 is 1.57 bits per heavy atom. The molecule has 0 spiro atoms. The zero-order valence-corrected chi connectivity index (χ0v) is 13.3. The average molecular weight is 358 g/mol. The Bertz CT molecular complexity index is 648. The van der Waals surface area contributed by atoms with Gasteiger partial charge in [0.2, 0.25) is 0 Å². The van der Waals surface area contributed by atoms with Gasteiger partial charge in [0.05, 0.1) is 4.47 Å². The number of halogens is 4. The second-order valence-corrected chi connectivity index (χ2v) is 5.82. The van der Waals surface area contributed by atoms with E-state index < -0.39 is 11.6 Å². The van der Waals surface area contributed by atoms with Gasteiger partial charge in [0, 0.05) is 18.7 Å². The molecule has 0 bridgehead atoms. The molecule has 2 aromatic carbocycles. The topological polar surface area (TPSA) is 12.0 Å². The van der Waals surface area contributed by atoms with E-state index in [4.69, 9.17) is 0 Å². The molecule has 1 N–H and O–H groups in total. The molecular formula is C16H15BrF3N. The Balaban J connectivity index is 2.07. The van der Waals surface area contributed by atoms with E-state index in [-0.39, 0.29) is 22.4 Å². The van der Waals surface area contributed by atoms with Gasteiger partial charge < -0.3 is 5.32 Å². The van der Waals surface area contributed by atoms with E-state index in [1.54, 1.807) is 26.0 Å². The molecule has 21 heavy (non-hydrogen) atoms. The summed E-state index contributed by atoms with van der Waals surface area (Å²) in [7, 11) is 0. The highest BCUT2D eigenvalue weighted by molar-refractivity contribution is 9.10. The van der Waals surface area contributed by atoms with Crippen LogP contribution in [0.15, 0.2) is 28.7 Å². The lowest BCUT2D eigenvalue weighted by Gasteiger charge is -2.10. The summed E-state index contributed by atoms with van der Waals surface area (Å²) in [5.41, 5.74) is 1.99. The fourth-order valence-electron chi connectivity index (χ4n) is 2.20. The van der Waals surface area contributed by atoms with Crippen molar-refractivity contribution in [3.63, 3.8) is 0 Å². The predicted octanol–water partition coefficient (Wildman–Crippen LogP) is 4.77. The van der Waals surface area contributed by atoms with Gasteiger partial charge in [0.1, 0.15) is 17.5 Å². The van der Waals surface area contributed by atoms with Crippen molar-refractivity contribution in [3.05, 3.63) is 68.4 Å². The molecule has 1 nitrogen and oxygen atoms in total. The molecular weight excluding hydrogens is 343 g/mol. The van der Waals surface area contributed by atoms with Crippen LogP contribution in [0.25, 0.3) is 0 Å². The van der Waals surface area contributed by atoms with Crippen molar-refractivity contribution in [1.29, 1.82) is 0 Å². The summed E-state index contributed by atoms with van der Waals surface area (Å²) in [6.07, 6.45) is 0. The van der Waals surface area contributed by atoms with Crippen LogP contribution in [0, 0.1) is 31.3 Å². The van der Waals surface area contributed by atoms with Crippen LogP contribution in [-0.2, 0) is 13.1 Å². The summed E-state index contributed by atoms with van der Waals surface area (Å²) in [5.74, 6) is -1.41. The minimum absolute atomic E-state index is 0.0140. The first kappa shape index (κ1) is 16.0. The van der Waals surface area contributed by atoms with E-state index in [1.807, 2.05) is 0 Å². The van der Waals surface area contributed by atoms with Gasteiger partial charge in [-0.1, -0.05) is 12.1 Å². The predicted molar refractivity (Wildman–Crippen MR) is 80.5 cm³/mol. The Labute approximate surface area is 130 Å². The highest BCUT2D eigenvalue weighted by Gasteiger charge is 2.12. The van der Waals surface area contributed by atoms with Crippen molar-refractivity contribution in [2.45, 2.75) is 26.9 Å². The van der Waals surface area contributed by atoms with Gasteiger partial charge in [-0.15, -0.1) is 0 Å². The smallest absolute Gasteiger partial charge is 0.144 e. The Morgan fingerprint density at radius 1 is 0.952 bits per heavy atom. The maximum absolute atomic E-state index is 13.8. The number of benzene rings is 2. The lowest BCUT2D eigenvalue weighted by Crippen LogP contribution is -2.15. The molecule has 0 aliphatic rings. The van der Waals surface area contributed by atoms with Gasteiger partial charge in [0.15, 0.2) is 0 Å². The molecule has 0 amide bonds. The zero-order valence-electron chi connectivity index (χ0n) is 11.7. The maximum atomic E-state index is 13.8. The van der Waals surface area contributed by atoms with Gasteiger partial charge in [-0.3, -0.25) is 0 Å². The highest BCUT2D eigenvalue weighted by atomic mass is 79.9. The molecule has 5 heteroatoms. The summed E-state index contributed by atoms with van der Waals surface area (Å²) < 4.78 is 41.1. The molecule has 0 aliphatic heterocycles. The highest BCUT2D eigenvalue weighted by Crippen LogP contribution is 2.21. The first-order chi connectivity index (χ1) is 9.90. The summed E-state index contributed by atoms with van der Waals surface area (Å²) in [6.45, 7) is 3.86. The van der Waals surface area contributed by atoms with Crippen LogP contribution in [0.4, 0.5) is 13.2 Å². The van der Waals surface area contributed by atoms with Gasteiger partial charge in [-0.25, -0.2) is 13.2 Å². The number of hydrogen-bond acceptors (Lipinski definition) is 1. The Hall–Kier alpha value is -1.33. The van der Waals surface area contributed by atoms with Crippen LogP contribution in [0.1, 0.15) is 22.3 Å². The third-order valence-corrected chi connectivity index (χ3v) is 3.88. The first-order valence-electron chi connectivity index (χ1n) is 6.49. The molecule has 112 valence electrons. The normalized spacial score (nSPS) is 11.0. The Morgan fingerprint density at radius 3 is 2.19 bits per heavy atom. The van der Waals surface area contributed by atoms with Crippen molar-refractivity contribution in [3.8, 4) is 0 Å². The molecule has 0 atom stereocenters. The lowest BCUT2D eigenvalue weighted by atomic mass is 10.1. The molecule has 0 radical (unpaired) electrons. The molecule has 0 unspecified atom stereocenters. The van der Waals surface area contributed by atoms with Crippen LogP contribution in [0.3, 0.4) is 0 Å². The summed E-state index contributed by atoms with van der Waals surface area (Å²) in [6, 6.07) is 6.00. The second-order valence-electron chi connectivity index (χ2n) is 4.97. The average Bonchev–Trinajstić information content (AvgIpc) is 2.44. The molecule has 0 aliphatic carbocycles. The van der Waals surface area contributed by atoms with Crippen LogP contribution < -0.4 is 5.32 Å².